The molecule has 0 saturated carbocycles. The number of rotatable bonds is 3. The van der Waals surface area contributed by atoms with E-state index in [0.717, 1.165) is 19.5 Å². The zero-order valence-electron chi connectivity index (χ0n) is 9.90. The Morgan fingerprint density at radius 3 is 3.06 bits per heavy atom. The van der Waals surface area contributed by atoms with Crippen molar-refractivity contribution in [3.63, 3.8) is 0 Å². The number of anilines is 1. The zero-order chi connectivity index (χ0) is 12.3. The molecular formula is C12H17N3O2. The summed E-state index contributed by atoms with van der Waals surface area (Å²) in [6, 6.07) is 3.08. The van der Waals surface area contributed by atoms with Crippen LogP contribution in [0.1, 0.15) is 12.8 Å². The van der Waals surface area contributed by atoms with E-state index in [1.54, 1.807) is 19.3 Å². The Morgan fingerprint density at radius 1 is 1.59 bits per heavy atom. The predicted molar refractivity (Wildman–Crippen MR) is 65.9 cm³/mol. The molecule has 0 aromatic carbocycles. The third-order valence-corrected chi connectivity index (χ3v) is 3.01. The topological polar surface area (TPSA) is 63.1 Å². The van der Waals surface area contributed by atoms with Gasteiger partial charge in [-0.2, -0.15) is 0 Å². The minimum absolute atomic E-state index is 0.0114. The smallest absolute Gasteiger partial charge is 0.250 e. The van der Waals surface area contributed by atoms with E-state index < -0.39 is 0 Å². The molecule has 2 rings (SSSR count). The van der Waals surface area contributed by atoms with E-state index in [9.17, 15) is 9.59 Å². The number of carbonyl (C=O) groups is 1. The molecule has 1 aromatic heterocycles. The lowest BCUT2D eigenvalue weighted by molar-refractivity contribution is -0.116. The maximum atomic E-state index is 11.7. The predicted octanol–water partition coefficient (Wildman–Crippen LogP) is 0.323. The number of amides is 1. The Morgan fingerprint density at radius 2 is 2.41 bits per heavy atom. The summed E-state index contributed by atoms with van der Waals surface area (Å²) in [7, 11) is 1.67. The van der Waals surface area contributed by atoms with Crippen molar-refractivity contribution < 1.29 is 4.79 Å². The van der Waals surface area contributed by atoms with Gasteiger partial charge in [0.2, 0.25) is 11.5 Å². The van der Waals surface area contributed by atoms with E-state index in [1.807, 2.05) is 0 Å². The Bertz CT molecular complexity index is 461. The van der Waals surface area contributed by atoms with Crippen LogP contribution < -0.4 is 16.2 Å². The number of hydrogen-bond acceptors (Lipinski definition) is 3. The molecule has 5 heteroatoms. The second kappa shape index (κ2) is 5.14. The number of carbonyl (C=O) groups excluding carboxylic acids is 1. The second-order valence-electron chi connectivity index (χ2n) is 4.48. The third kappa shape index (κ3) is 3.17. The average Bonchev–Trinajstić information content (AvgIpc) is 2.76. The maximum absolute atomic E-state index is 11.7. The van der Waals surface area contributed by atoms with Gasteiger partial charge in [-0.15, -0.1) is 0 Å². The van der Waals surface area contributed by atoms with Gasteiger partial charge in [0.15, 0.2) is 0 Å². The van der Waals surface area contributed by atoms with Crippen molar-refractivity contribution in [2.24, 2.45) is 13.0 Å². The molecule has 5 nitrogen and oxygen atoms in total. The molecule has 17 heavy (non-hydrogen) atoms. The van der Waals surface area contributed by atoms with Gasteiger partial charge in [-0.3, -0.25) is 9.59 Å². The number of hydrogen-bond donors (Lipinski definition) is 2. The summed E-state index contributed by atoms with van der Waals surface area (Å²) in [4.78, 5) is 22.9. The number of nitrogens with one attached hydrogen (secondary N) is 2. The monoisotopic (exact) mass is 235 g/mol. The highest BCUT2D eigenvalue weighted by atomic mass is 16.1. The highest BCUT2D eigenvalue weighted by Gasteiger charge is 2.17. The number of aryl methyl sites for hydroxylation is 1. The SMILES string of the molecule is Cn1cc(NC(=O)CC2CCNC2)ccc1=O. The maximum Gasteiger partial charge on any atom is 0.250 e. The van der Waals surface area contributed by atoms with Gasteiger partial charge in [-0.05, 0) is 31.5 Å². The summed E-state index contributed by atoms with van der Waals surface area (Å²) in [5.74, 6) is 0.444. The summed E-state index contributed by atoms with van der Waals surface area (Å²) in [5.41, 5.74) is 0.589. The molecule has 1 aromatic rings. The molecule has 1 atom stereocenters. The van der Waals surface area contributed by atoms with E-state index in [1.165, 1.54) is 10.6 Å². The van der Waals surface area contributed by atoms with Crippen LogP contribution in [-0.2, 0) is 11.8 Å². The van der Waals surface area contributed by atoms with Crippen molar-refractivity contribution in [2.45, 2.75) is 12.8 Å². The number of pyridine rings is 1. The standard InChI is InChI=1S/C12H17N3O2/c1-15-8-10(2-3-12(15)17)14-11(16)6-9-4-5-13-7-9/h2-3,8-9,13H,4-7H2,1H3,(H,14,16). The lowest BCUT2D eigenvalue weighted by Crippen LogP contribution is -2.20. The lowest BCUT2D eigenvalue weighted by atomic mass is 10.0. The van der Waals surface area contributed by atoms with Crippen molar-refractivity contribution in [1.29, 1.82) is 0 Å². The van der Waals surface area contributed by atoms with Crippen molar-refractivity contribution in [1.82, 2.24) is 9.88 Å². The zero-order valence-corrected chi connectivity index (χ0v) is 9.90. The van der Waals surface area contributed by atoms with Gasteiger partial charge >= 0.3 is 0 Å². The van der Waals surface area contributed by atoms with E-state index in [2.05, 4.69) is 10.6 Å². The van der Waals surface area contributed by atoms with Crippen LogP contribution in [0.2, 0.25) is 0 Å². The van der Waals surface area contributed by atoms with Gasteiger partial charge in [0.05, 0.1) is 5.69 Å². The van der Waals surface area contributed by atoms with Crippen LogP contribution in [0.5, 0.6) is 0 Å². The normalized spacial score (nSPS) is 19.2. The van der Waals surface area contributed by atoms with E-state index in [0.29, 0.717) is 18.0 Å². The van der Waals surface area contributed by atoms with Crippen LogP contribution in [-0.4, -0.2) is 23.6 Å². The fraction of sp³-hybridized carbons (Fsp3) is 0.500. The minimum Gasteiger partial charge on any atom is -0.325 e. The molecule has 1 aliphatic heterocycles. The fourth-order valence-electron chi connectivity index (χ4n) is 2.03. The van der Waals surface area contributed by atoms with Gasteiger partial charge in [0.1, 0.15) is 0 Å². The largest absolute Gasteiger partial charge is 0.325 e. The number of aromatic nitrogens is 1. The Balaban J connectivity index is 1.93. The summed E-state index contributed by atoms with van der Waals surface area (Å²) in [6.45, 7) is 1.92. The molecule has 0 bridgehead atoms. The first kappa shape index (κ1) is 11.9. The van der Waals surface area contributed by atoms with Crippen molar-refractivity contribution >= 4 is 11.6 Å². The van der Waals surface area contributed by atoms with Gasteiger partial charge in [-0.1, -0.05) is 0 Å². The van der Waals surface area contributed by atoms with Crippen LogP contribution in [0.3, 0.4) is 0 Å². The molecule has 0 radical (unpaired) electrons. The van der Waals surface area contributed by atoms with E-state index >= 15 is 0 Å². The first-order valence-corrected chi connectivity index (χ1v) is 5.82. The molecule has 2 heterocycles. The summed E-state index contributed by atoms with van der Waals surface area (Å²) < 4.78 is 1.45. The Hall–Kier alpha value is -1.62. The van der Waals surface area contributed by atoms with Crippen molar-refractivity contribution in [3.05, 3.63) is 28.7 Å². The molecule has 0 aliphatic carbocycles. The van der Waals surface area contributed by atoms with Crippen LogP contribution in [0.4, 0.5) is 5.69 Å². The number of nitrogens with zero attached hydrogens (tertiary/aromatic N) is 1. The second-order valence-corrected chi connectivity index (χ2v) is 4.48. The van der Waals surface area contributed by atoms with Crippen LogP contribution >= 0.6 is 0 Å². The third-order valence-electron chi connectivity index (χ3n) is 3.01. The Kier molecular flexibility index (Phi) is 3.58. The fourth-order valence-corrected chi connectivity index (χ4v) is 2.03. The molecule has 1 saturated heterocycles. The molecule has 1 fully saturated rings. The van der Waals surface area contributed by atoms with Crippen molar-refractivity contribution in [2.75, 3.05) is 18.4 Å². The van der Waals surface area contributed by atoms with Gasteiger partial charge in [0.25, 0.3) is 0 Å². The van der Waals surface area contributed by atoms with Crippen LogP contribution in [0, 0.1) is 5.92 Å². The van der Waals surface area contributed by atoms with E-state index in [4.69, 9.17) is 0 Å². The molecule has 92 valence electrons. The highest BCUT2D eigenvalue weighted by Crippen LogP contribution is 2.13. The first-order chi connectivity index (χ1) is 8.15. The van der Waals surface area contributed by atoms with Gasteiger partial charge in [-0.25, -0.2) is 0 Å². The molecule has 1 aliphatic rings. The highest BCUT2D eigenvalue weighted by molar-refractivity contribution is 5.90. The van der Waals surface area contributed by atoms with Crippen LogP contribution in [0.25, 0.3) is 0 Å². The molecule has 1 unspecified atom stereocenters. The van der Waals surface area contributed by atoms with Crippen molar-refractivity contribution in [3.8, 4) is 0 Å². The molecule has 1 amide bonds. The molecule has 0 spiro atoms. The van der Waals surface area contributed by atoms with Crippen LogP contribution in [0.15, 0.2) is 23.1 Å². The summed E-state index contributed by atoms with van der Waals surface area (Å²) in [6.07, 6.45) is 3.23. The van der Waals surface area contributed by atoms with Gasteiger partial charge < -0.3 is 15.2 Å². The summed E-state index contributed by atoms with van der Waals surface area (Å²) >= 11 is 0. The minimum atomic E-state index is -0.0806. The molecule has 2 N–H and O–H groups in total. The van der Waals surface area contributed by atoms with Gasteiger partial charge in [0, 0.05) is 25.7 Å². The Labute approximate surface area is 99.8 Å². The average molecular weight is 235 g/mol. The molecular weight excluding hydrogens is 218 g/mol. The summed E-state index contributed by atoms with van der Waals surface area (Å²) in [5, 5.41) is 6.04. The lowest BCUT2D eigenvalue weighted by Gasteiger charge is -2.09. The quantitative estimate of drug-likeness (QED) is 0.793. The van der Waals surface area contributed by atoms with E-state index in [-0.39, 0.29) is 11.5 Å². The first-order valence-electron chi connectivity index (χ1n) is 5.82.